The van der Waals surface area contributed by atoms with Gasteiger partial charge >= 0.3 is 12.0 Å². The molecule has 0 spiro atoms. The number of likely N-dealkylation sites (N-methyl/N-ethyl adjacent to an activating group) is 1. The number of nitrogens with zero attached hydrogens (tertiary/aromatic N) is 6. The molecule has 16 heteroatoms. The zero-order valence-corrected chi connectivity index (χ0v) is 23.9. The van der Waals surface area contributed by atoms with E-state index in [1.54, 1.807) is 32.3 Å². The van der Waals surface area contributed by atoms with Gasteiger partial charge in [-0.15, -0.1) is 0 Å². The van der Waals surface area contributed by atoms with Crippen LogP contribution in [0.15, 0.2) is 69.8 Å². The molecule has 11 nitrogen and oxygen atoms in total. The number of pyridine rings is 1. The third-order valence-electron chi connectivity index (χ3n) is 5.88. The second kappa shape index (κ2) is 11.9. The normalized spacial score (nSPS) is 14.1. The van der Waals surface area contributed by atoms with Crippen molar-refractivity contribution >= 4 is 67.4 Å². The predicted octanol–water partition coefficient (Wildman–Crippen LogP) is 5.65. The molecule has 41 heavy (non-hydrogen) atoms. The Morgan fingerprint density at radius 2 is 2.00 bits per heavy atom. The van der Waals surface area contributed by atoms with Crippen molar-refractivity contribution in [2.75, 3.05) is 37.8 Å². The number of nitro groups is 1. The van der Waals surface area contributed by atoms with E-state index in [2.05, 4.69) is 46.5 Å². The second-order valence-corrected chi connectivity index (χ2v) is 10.9. The number of amides is 1. The number of benzene rings is 1. The largest absolute Gasteiger partial charge is 0.454 e. The maximum atomic E-state index is 13.0. The Kier molecular flexibility index (Phi) is 8.70. The highest BCUT2D eigenvalue weighted by molar-refractivity contribution is 9.10. The zero-order valence-electron chi connectivity index (χ0n) is 21.5. The Labute approximate surface area is 244 Å². The molecule has 0 fully saturated rings. The average molecular weight is 655 g/mol. The van der Waals surface area contributed by atoms with Gasteiger partial charge in [-0.2, -0.15) is 13.2 Å². The topological polar surface area (TPSA) is 135 Å². The second-order valence-electron chi connectivity index (χ2n) is 9.65. The maximum absolute atomic E-state index is 13.0. The monoisotopic (exact) mass is 653 g/mol. The van der Waals surface area contributed by atoms with E-state index >= 15 is 0 Å². The first-order chi connectivity index (χ1) is 19.2. The molecule has 0 atom stereocenters. The van der Waals surface area contributed by atoms with Crippen molar-refractivity contribution in [2.24, 2.45) is 4.99 Å². The Morgan fingerprint density at radius 3 is 2.68 bits per heavy atom. The highest BCUT2D eigenvalue weighted by atomic mass is 79.9. The number of hydrogen-bond acceptors (Lipinski definition) is 8. The third-order valence-corrected chi connectivity index (χ3v) is 7.11. The lowest BCUT2D eigenvalue weighted by Crippen LogP contribution is -2.42. The molecule has 2 N–H and O–H groups in total. The molecule has 1 aliphatic heterocycles. The third kappa shape index (κ3) is 7.62. The van der Waals surface area contributed by atoms with E-state index < -0.39 is 35.0 Å². The van der Waals surface area contributed by atoms with Gasteiger partial charge in [-0.3, -0.25) is 4.79 Å². The minimum Gasteiger partial charge on any atom is -0.358 e. The SMILES string of the molecule is C[N+](C)(C/C=C/C(=O)Nc1cc2c(Nc3ccc(Br)c(Cl)c3)ncnc2cn1)CC1=C([N+](=O)[O-])N=C(C(F)(F)F)C1. The molecule has 0 radical (unpaired) electrons. The molecule has 1 aromatic carbocycles. The van der Waals surface area contributed by atoms with Crippen LogP contribution >= 0.6 is 27.5 Å². The molecule has 214 valence electrons. The molecule has 1 amide bonds. The van der Waals surface area contributed by atoms with Crippen LogP contribution in [0.25, 0.3) is 10.9 Å². The number of halogens is 5. The van der Waals surface area contributed by atoms with E-state index in [0.29, 0.717) is 27.4 Å². The molecular weight excluding hydrogens is 633 g/mol. The Hall–Kier alpha value is -3.95. The molecule has 4 rings (SSSR count). The number of rotatable bonds is 9. The van der Waals surface area contributed by atoms with Gasteiger partial charge in [-0.05, 0) is 56.2 Å². The summed E-state index contributed by atoms with van der Waals surface area (Å²) >= 11 is 9.52. The summed E-state index contributed by atoms with van der Waals surface area (Å²) in [6, 6.07) is 6.92. The summed E-state index contributed by atoms with van der Waals surface area (Å²) in [7, 11) is 3.35. The van der Waals surface area contributed by atoms with E-state index in [4.69, 9.17) is 11.6 Å². The smallest absolute Gasteiger partial charge is 0.358 e. The Bertz CT molecular complexity index is 1630. The van der Waals surface area contributed by atoms with Gasteiger partial charge in [-0.25, -0.2) is 15.0 Å². The van der Waals surface area contributed by atoms with Gasteiger partial charge in [-0.1, -0.05) is 11.6 Å². The number of aliphatic imine (C=N–C) groups is 1. The fraction of sp³-hybridized carbons (Fsp3) is 0.240. The van der Waals surface area contributed by atoms with Crippen LogP contribution in [0, 0.1) is 10.1 Å². The molecule has 0 saturated carbocycles. The number of fused-ring (bicyclic) bond motifs is 1. The van der Waals surface area contributed by atoms with Crippen LogP contribution in [-0.2, 0) is 4.79 Å². The molecule has 3 aromatic rings. The first-order valence-corrected chi connectivity index (χ1v) is 13.0. The lowest BCUT2D eigenvalue weighted by atomic mass is 10.1. The molecule has 0 bridgehead atoms. The lowest BCUT2D eigenvalue weighted by Gasteiger charge is -2.28. The minimum absolute atomic E-state index is 0.0254. The van der Waals surface area contributed by atoms with Crippen molar-refractivity contribution in [3.8, 4) is 0 Å². The van der Waals surface area contributed by atoms with Crippen molar-refractivity contribution < 1.29 is 27.4 Å². The van der Waals surface area contributed by atoms with E-state index in [1.807, 2.05) is 6.07 Å². The number of hydrogen-bond donors (Lipinski definition) is 2. The van der Waals surface area contributed by atoms with Gasteiger partial charge in [0.05, 0.1) is 49.4 Å². The fourth-order valence-corrected chi connectivity index (χ4v) is 4.45. The predicted molar refractivity (Wildman–Crippen MR) is 152 cm³/mol. The van der Waals surface area contributed by atoms with Crippen molar-refractivity contribution in [2.45, 2.75) is 12.6 Å². The van der Waals surface area contributed by atoms with E-state index in [9.17, 15) is 28.1 Å². The fourth-order valence-electron chi connectivity index (χ4n) is 4.02. The van der Waals surface area contributed by atoms with Gasteiger partial charge in [0.2, 0.25) is 11.6 Å². The average Bonchev–Trinajstić information content (AvgIpc) is 3.30. The molecular formula is C25H22BrClF3N8O3+. The summed E-state index contributed by atoms with van der Waals surface area (Å²) in [4.78, 5) is 38.8. The summed E-state index contributed by atoms with van der Waals surface area (Å²) in [5, 5.41) is 18.2. The van der Waals surface area contributed by atoms with Gasteiger partial charge < -0.3 is 25.2 Å². The quantitative estimate of drug-likeness (QED) is 0.132. The minimum atomic E-state index is -4.75. The van der Waals surface area contributed by atoms with Crippen LogP contribution in [-0.4, -0.2) is 69.3 Å². The molecule has 2 aromatic heterocycles. The number of aromatic nitrogens is 3. The number of carbonyl (C=O) groups is 1. The summed E-state index contributed by atoms with van der Waals surface area (Å²) < 4.78 is 39.9. The van der Waals surface area contributed by atoms with E-state index in [1.165, 1.54) is 24.7 Å². The summed E-state index contributed by atoms with van der Waals surface area (Å²) in [6.45, 7) is 0.142. The van der Waals surface area contributed by atoms with Crippen LogP contribution in [0.2, 0.25) is 5.02 Å². The Balaban J connectivity index is 1.41. The van der Waals surface area contributed by atoms with Gasteiger partial charge in [0, 0.05) is 21.6 Å². The molecule has 0 aliphatic carbocycles. The number of quaternary nitrogens is 1. The van der Waals surface area contributed by atoms with Crippen LogP contribution in [0.1, 0.15) is 6.42 Å². The van der Waals surface area contributed by atoms with Crippen LogP contribution in [0.4, 0.5) is 30.5 Å². The number of carbonyl (C=O) groups excluding carboxylic acids is 1. The van der Waals surface area contributed by atoms with Crippen LogP contribution < -0.4 is 10.6 Å². The van der Waals surface area contributed by atoms with Crippen molar-refractivity contribution in [1.82, 2.24) is 15.0 Å². The lowest BCUT2D eigenvalue weighted by molar-refractivity contribution is -0.880. The standard InChI is InChI=1S/C25H21BrClF3N8O3/c1-38(2,12-14-8-20(25(28,29)30)35-24(14)37(40)41)7-3-4-22(39)36-21-10-16-19(11-31-21)32-13-33-23(16)34-15-5-6-17(26)18(27)9-15/h3-6,9-11,13H,7-8,12H2,1-2H3,(H-,31,32,33,34,36,39)/p+1/b4-3+. The van der Waals surface area contributed by atoms with Gasteiger partial charge in [0.25, 0.3) is 0 Å². The zero-order chi connectivity index (χ0) is 29.9. The van der Waals surface area contributed by atoms with Gasteiger partial charge in [0.15, 0.2) is 0 Å². The van der Waals surface area contributed by atoms with E-state index in [-0.39, 0.29) is 29.0 Å². The van der Waals surface area contributed by atoms with Crippen LogP contribution in [0.5, 0.6) is 0 Å². The van der Waals surface area contributed by atoms with E-state index in [0.717, 1.165) is 4.47 Å². The molecule has 0 saturated heterocycles. The molecule has 0 unspecified atom stereocenters. The van der Waals surface area contributed by atoms with Gasteiger partial charge in [0.1, 0.15) is 24.5 Å². The molecule has 1 aliphatic rings. The van der Waals surface area contributed by atoms with Crippen molar-refractivity contribution in [3.63, 3.8) is 0 Å². The molecule has 3 heterocycles. The summed E-state index contributed by atoms with van der Waals surface area (Å²) in [6.07, 6.45) is 0.247. The van der Waals surface area contributed by atoms with Crippen molar-refractivity contribution in [3.05, 3.63) is 79.9 Å². The highest BCUT2D eigenvalue weighted by Crippen LogP contribution is 2.32. The maximum Gasteiger partial charge on any atom is 0.454 e. The first kappa shape index (κ1) is 30.0. The first-order valence-electron chi connectivity index (χ1n) is 11.9. The highest BCUT2D eigenvalue weighted by Gasteiger charge is 2.47. The summed E-state index contributed by atoms with van der Waals surface area (Å²) in [5.41, 5.74) is -0.000541. The summed E-state index contributed by atoms with van der Waals surface area (Å²) in [5.74, 6) is -0.588. The van der Waals surface area contributed by atoms with Crippen LogP contribution in [0.3, 0.4) is 0 Å². The number of anilines is 3. The number of nitrogens with one attached hydrogen (secondary N) is 2. The number of alkyl halides is 3. The Morgan fingerprint density at radius 1 is 1.24 bits per heavy atom. The van der Waals surface area contributed by atoms with Crippen molar-refractivity contribution in [1.29, 1.82) is 0 Å².